The molecule has 172 valence electrons. The van der Waals surface area contributed by atoms with E-state index in [0.29, 0.717) is 28.2 Å². The molecule has 34 heavy (non-hydrogen) atoms. The maximum atomic E-state index is 12.6. The standard InChI is InChI=1S/C26H24ClN5OS/c1-32(17-20-6-3-2-4-7-20)24-15-23(27)30-26(31-24)34-18-21-8-5-9-22(14-21)25(33)29-16-19-10-12-28-13-11-19/h2-15H,16-18H2,1H3,(H,29,33). The number of pyridine rings is 1. The molecule has 0 fully saturated rings. The second-order valence-corrected chi connectivity index (χ2v) is 9.03. The number of carbonyl (C=O) groups is 1. The predicted molar refractivity (Wildman–Crippen MR) is 137 cm³/mol. The zero-order chi connectivity index (χ0) is 23.8. The fourth-order valence-electron chi connectivity index (χ4n) is 3.32. The Balaban J connectivity index is 1.38. The molecular formula is C26H24ClN5OS. The number of carbonyl (C=O) groups excluding carboxylic acids is 1. The van der Waals surface area contributed by atoms with Gasteiger partial charge in [-0.05, 0) is 41.0 Å². The van der Waals surface area contributed by atoms with E-state index in [4.69, 9.17) is 11.6 Å². The van der Waals surface area contributed by atoms with Crippen LogP contribution in [0.15, 0.2) is 90.3 Å². The number of nitrogens with zero attached hydrogens (tertiary/aromatic N) is 4. The molecule has 0 radical (unpaired) electrons. The van der Waals surface area contributed by atoms with Crippen molar-refractivity contribution < 1.29 is 4.79 Å². The molecule has 4 aromatic rings. The van der Waals surface area contributed by atoms with Crippen molar-refractivity contribution in [1.29, 1.82) is 0 Å². The molecule has 2 aromatic heterocycles. The lowest BCUT2D eigenvalue weighted by Gasteiger charge is -2.19. The average Bonchev–Trinajstić information content (AvgIpc) is 2.87. The number of nitrogens with one attached hydrogen (secondary N) is 1. The summed E-state index contributed by atoms with van der Waals surface area (Å²) in [5.41, 5.74) is 3.81. The maximum Gasteiger partial charge on any atom is 0.251 e. The van der Waals surface area contributed by atoms with Gasteiger partial charge in [-0.2, -0.15) is 0 Å². The van der Waals surface area contributed by atoms with Crippen LogP contribution in [0.1, 0.15) is 27.0 Å². The number of benzene rings is 2. The summed E-state index contributed by atoms with van der Waals surface area (Å²) in [5.74, 6) is 1.26. The minimum Gasteiger partial charge on any atom is -0.355 e. The fourth-order valence-corrected chi connectivity index (χ4v) is 4.34. The van der Waals surface area contributed by atoms with Crippen LogP contribution in [0.2, 0.25) is 5.15 Å². The van der Waals surface area contributed by atoms with E-state index in [-0.39, 0.29) is 5.91 Å². The van der Waals surface area contributed by atoms with Crippen LogP contribution >= 0.6 is 23.4 Å². The summed E-state index contributed by atoms with van der Waals surface area (Å²) >= 11 is 7.77. The van der Waals surface area contributed by atoms with E-state index < -0.39 is 0 Å². The first kappa shape index (κ1) is 23.7. The molecule has 0 saturated carbocycles. The van der Waals surface area contributed by atoms with Gasteiger partial charge in [-0.3, -0.25) is 9.78 Å². The van der Waals surface area contributed by atoms with Crippen LogP contribution in [0, 0.1) is 0 Å². The molecule has 2 heterocycles. The highest BCUT2D eigenvalue weighted by atomic mass is 35.5. The summed E-state index contributed by atoms with van der Waals surface area (Å²) in [5, 5.41) is 3.93. The molecule has 1 N–H and O–H groups in total. The van der Waals surface area contributed by atoms with Gasteiger partial charge in [0.25, 0.3) is 5.91 Å². The van der Waals surface area contributed by atoms with Crippen molar-refractivity contribution in [3.63, 3.8) is 0 Å². The molecule has 0 bridgehead atoms. The Morgan fingerprint density at radius 1 is 0.941 bits per heavy atom. The topological polar surface area (TPSA) is 71.0 Å². The zero-order valence-electron chi connectivity index (χ0n) is 18.7. The van der Waals surface area contributed by atoms with Crippen molar-refractivity contribution in [2.45, 2.75) is 24.0 Å². The summed E-state index contributed by atoms with van der Waals surface area (Å²) in [6, 6.07) is 23.3. The van der Waals surface area contributed by atoms with Gasteiger partial charge in [-0.15, -0.1) is 0 Å². The largest absolute Gasteiger partial charge is 0.355 e. The number of hydrogen-bond donors (Lipinski definition) is 1. The molecule has 0 unspecified atom stereocenters. The third-order valence-electron chi connectivity index (χ3n) is 5.07. The summed E-state index contributed by atoms with van der Waals surface area (Å²) in [4.78, 5) is 27.6. The number of aromatic nitrogens is 3. The van der Waals surface area contributed by atoms with Crippen LogP contribution in [0.5, 0.6) is 0 Å². The summed E-state index contributed by atoms with van der Waals surface area (Å²) < 4.78 is 0. The van der Waals surface area contributed by atoms with Crippen LogP contribution < -0.4 is 10.2 Å². The van der Waals surface area contributed by atoms with Crippen molar-refractivity contribution in [3.05, 3.63) is 113 Å². The fraction of sp³-hybridized carbons (Fsp3) is 0.154. The van der Waals surface area contributed by atoms with E-state index in [1.165, 1.54) is 17.3 Å². The van der Waals surface area contributed by atoms with Gasteiger partial charge in [-0.1, -0.05) is 65.8 Å². The first-order valence-electron chi connectivity index (χ1n) is 10.8. The molecule has 0 aliphatic carbocycles. The van der Waals surface area contributed by atoms with E-state index >= 15 is 0 Å². The van der Waals surface area contributed by atoms with Crippen molar-refractivity contribution in [2.24, 2.45) is 0 Å². The Kier molecular flexibility index (Phi) is 8.12. The number of halogens is 1. The quantitative estimate of drug-likeness (QED) is 0.193. The van der Waals surface area contributed by atoms with Crippen molar-refractivity contribution in [3.8, 4) is 0 Å². The Hall–Kier alpha value is -3.42. The SMILES string of the molecule is CN(Cc1ccccc1)c1cc(Cl)nc(SCc2cccc(C(=O)NCc3ccncc3)c2)n1. The number of thioether (sulfide) groups is 1. The number of hydrogen-bond acceptors (Lipinski definition) is 6. The Labute approximate surface area is 208 Å². The maximum absolute atomic E-state index is 12.6. The van der Waals surface area contributed by atoms with E-state index in [2.05, 4.69) is 32.4 Å². The first-order valence-corrected chi connectivity index (χ1v) is 12.1. The predicted octanol–water partition coefficient (Wildman–Crippen LogP) is 5.38. The van der Waals surface area contributed by atoms with Crippen molar-refractivity contribution >= 4 is 35.1 Å². The van der Waals surface area contributed by atoms with E-state index in [1.54, 1.807) is 18.5 Å². The minimum absolute atomic E-state index is 0.118. The molecule has 0 aliphatic rings. The third kappa shape index (κ3) is 6.79. The summed E-state index contributed by atoms with van der Waals surface area (Å²) in [6.07, 6.45) is 3.42. The highest BCUT2D eigenvalue weighted by Gasteiger charge is 2.11. The average molecular weight is 490 g/mol. The van der Waals surface area contributed by atoms with Gasteiger partial charge >= 0.3 is 0 Å². The summed E-state index contributed by atoms with van der Waals surface area (Å²) in [6.45, 7) is 1.17. The van der Waals surface area contributed by atoms with Crippen LogP contribution in [0.3, 0.4) is 0 Å². The molecule has 0 atom stereocenters. The zero-order valence-corrected chi connectivity index (χ0v) is 20.3. The number of anilines is 1. The van der Waals surface area contributed by atoms with Crippen LogP contribution in [0.25, 0.3) is 0 Å². The van der Waals surface area contributed by atoms with Crippen molar-refractivity contribution in [1.82, 2.24) is 20.3 Å². The highest BCUT2D eigenvalue weighted by Crippen LogP contribution is 2.25. The molecule has 4 rings (SSSR count). The van der Waals surface area contributed by atoms with Crippen LogP contribution in [-0.2, 0) is 18.8 Å². The van der Waals surface area contributed by atoms with E-state index in [1.807, 2.05) is 66.5 Å². The van der Waals surface area contributed by atoms with E-state index in [0.717, 1.165) is 23.5 Å². The lowest BCUT2D eigenvalue weighted by molar-refractivity contribution is 0.0951. The molecular weight excluding hydrogens is 466 g/mol. The smallest absolute Gasteiger partial charge is 0.251 e. The highest BCUT2D eigenvalue weighted by molar-refractivity contribution is 7.98. The molecule has 2 aromatic carbocycles. The van der Waals surface area contributed by atoms with Gasteiger partial charge in [0, 0.05) is 49.9 Å². The second-order valence-electron chi connectivity index (χ2n) is 7.70. The molecule has 8 heteroatoms. The monoisotopic (exact) mass is 489 g/mol. The molecule has 0 aliphatic heterocycles. The number of amides is 1. The van der Waals surface area contributed by atoms with Crippen molar-refractivity contribution in [2.75, 3.05) is 11.9 Å². The van der Waals surface area contributed by atoms with Gasteiger partial charge in [0.15, 0.2) is 5.16 Å². The summed E-state index contributed by atoms with van der Waals surface area (Å²) in [7, 11) is 1.98. The Bertz CT molecular complexity index is 1240. The van der Waals surface area contributed by atoms with Gasteiger partial charge < -0.3 is 10.2 Å². The van der Waals surface area contributed by atoms with Gasteiger partial charge in [-0.25, -0.2) is 9.97 Å². The Morgan fingerprint density at radius 3 is 2.50 bits per heavy atom. The molecule has 1 amide bonds. The van der Waals surface area contributed by atoms with Crippen LogP contribution in [-0.4, -0.2) is 27.9 Å². The normalized spacial score (nSPS) is 10.6. The molecule has 0 saturated heterocycles. The minimum atomic E-state index is -0.118. The number of rotatable bonds is 9. The molecule has 6 nitrogen and oxygen atoms in total. The first-order chi connectivity index (χ1) is 16.6. The molecule has 0 spiro atoms. The van der Waals surface area contributed by atoms with Gasteiger partial charge in [0.2, 0.25) is 0 Å². The Morgan fingerprint density at radius 2 is 1.71 bits per heavy atom. The third-order valence-corrected chi connectivity index (χ3v) is 6.19. The lowest BCUT2D eigenvalue weighted by atomic mass is 10.1. The van der Waals surface area contributed by atoms with Crippen LogP contribution in [0.4, 0.5) is 5.82 Å². The van der Waals surface area contributed by atoms with Gasteiger partial charge in [0.1, 0.15) is 11.0 Å². The van der Waals surface area contributed by atoms with Gasteiger partial charge in [0.05, 0.1) is 0 Å². The van der Waals surface area contributed by atoms with E-state index in [9.17, 15) is 4.79 Å². The lowest BCUT2D eigenvalue weighted by Crippen LogP contribution is -2.22. The second kappa shape index (κ2) is 11.6.